The molecule has 172 valence electrons. The van der Waals surface area contributed by atoms with Gasteiger partial charge in [-0.15, -0.1) is 0 Å². The number of rotatable bonds is 6. The molecule has 1 aromatic carbocycles. The van der Waals surface area contributed by atoms with E-state index in [0.717, 1.165) is 29.7 Å². The minimum absolute atomic E-state index is 0.111. The number of Topliss-reactive ketones (excluding diaryl/α,β-unsaturated/α-hetero) is 1. The van der Waals surface area contributed by atoms with Gasteiger partial charge >= 0.3 is 0 Å². The number of ketones is 1. The lowest BCUT2D eigenvalue weighted by Crippen LogP contribution is -2.32. The molecule has 1 atom stereocenters. The van der Waals surface area contributed by atoms with Crippen LogP contribution in [0.15, 0.2) is 48.2 Å². The number of aliphatic hydroxyl groups excluding tert-OH is 1. The number of likely N-dealkylation sites (tertiary alicyclic amines) is 1. The fraction of sp³-hybridized carbons (Fsp3) is 0.346. The van der Waals surface area contributed by atoms with E-state index in [9.17, 15) is 14.7 Å². The lowest BCUT2D eigenvalue weighted by molar-refractivity contribution is -0.139. The highest BCUT2D eigenvalue weighted by Gasteiger charge is 2.46. The van der Waals surface area contributed by atoms with Crippen LogP contribution in [0.2, 0.25) is 0 Å². The van der Waals surface area contributed by atoms with Gasteiger partial charge in [0.2, 0.25) is 0 Å². The van der Waals surface area contributed by atoms with Gasteiger partial charge in [0.25, 0.3) is 11.7 Å². The van der Waals surface area contributed by atoms with Crippen molar-refractivity contribution < 1.29 is 14.7 Å². The molecule has 1 amide bonds. The van der Waals surface area contributed by atoms with Gasteiger partial charge < -0.3 is 14.9 Å². The monoisotopic (exact) mass is 446 g/mol. The van der Waals surface area contributed by atoms with Gasteiger partial charge in [-0.3, -0.25) is 14.0 Å². The van der Waals surface area contributed by atoms with E-state index in [-0.39, 0.29) is 11.3 Å². The molecule has 1 N–H and O–H groups in total. The minimum atomic E-state index is -0.662. The van der Waals surface area contributed by atoms with Gasteiger partial charge in [0.15, 0.2) is 5.76 Å². The van der Waals surface area contributed by atoms with Crippen LogP contribution in [-0.2, 0) is 9.59 Å². The standard InChI is InChI=1S/C26H30N4O3/c1-16-9-11-19(12-10-16)22-20(24(32)26(33)30(22)15-7-13-28(4)5)23(31)21-18(3)27-25-17(2)8-6-14-29(21)25/h6,8-12,14,22,31H,7,13,15H2,1-5H3/t22-/m0/s1. The fourth-order valence-electron chi connectivity index (χ4n) is 4.49. The van der Waals surface area contributed by atoms with Gasteiger partial charge in [-0.05, 0) is 65.0 Å². The van der Waals surface area contributed by atoms with E-state index in [4.69, 9.17) is 0 Å². The molecule has 1 aliphatic rings. The summed E-state index contributed by atoms with van der Waals surface area (Å²) in [5, 5.41) is 11.5. The molecule has 33 heavy (non-hydrogen) atoms. The maximum atomic E-state index is 13.3. The largest absolute Gasteiger partial charge is 0.505 e. The summed E-state index contributed by atoms with van der Waals surface area (Å²) < 4.78 is 1.78. The molecule has 0 unspecified atom stereocenters. The number of aliphatic hydroxyl groups is 1. The Morgan fingerprint density at radius 2 is 1.79 bits per heavy atom. The Labute approximate surface area is 194 Å². The van der Waals surface area contributed by atoms with Crippen LogP contribution < -0.4 is 0 Å². The Bertz CT molecular complexity index is 1250. The van der Waals surface area contributed by atoms with Crippen LogP contribution in [0.25, 0.3) is 11.4 Å². The molecule has 1 fully saturated rings. The van der Waals surface area contributed by atoms with Crippen LogP contribution in [0.1, 0.15) is 40.5 Å². The number of hydrogen-bond donors (Lipinski definition) is 1. The van der Waals surface area contributed by atoms with Crippen molar-refractivity contribution in [2.45, 2.75) is 33.2 Å². The number of pyridine rings is 1. The molecule has 1 saturated heterocycles. The normalized spacial score (nSPS) is 18.1. The lowest BCUT2D eigenvalue weighted by atomic mass is 9.95. The summed E-state index contributed by atoms with van der Waals surface area (Å²) in [7, 11) is 3.95. The molecule has 7 heteroatoms. The van der Waals surface area contributed by atoms with Crippen molar-refractivity contribution in [1.82, 2.24) is 19.2 Å². The van der Waals surface area contributed by atoms with E-state index < -0.39 is 17.7 Å². The third-order valence-corrected chi connectivity index (χ3v) is 6.18. The van der Waals surface area contributed by atoms with Gasteiger partial charge in [-0.2, -0.15) is 0 Å². The summed E-state index contributed by atoms with van der Waals surface area (Å²) in [4.78, 5) is 34.6. The molecule has 0 aliphatic carbocycles. The first kappa shape index (κ1) is 22.7. The summed E-state index contributed by atoms with van der Waals surface area (Å²) in [6, 6.07) is 10.9. The van der Waals surface area contributed by atoms with Gasteiger partial charge in [0.1, 0.15) is 11.3 Å². The maximum absolute atomic E-state index is 13.3. The summed E-state index contributed by atoms with van der Waals surface area (Å²) in [5.41, 5.74) is 4.70. The van der Waals surface area contributed by atoms with Crippen molar-refractivity contribution in [2.75, 3.05) is 27.2 Å². The molecule has 1 aliphatic heterocycles. The Morgan fingerprint density at radius 3 is 2.45 bits per heavy atom. The summed E-state index contributed by atoms with van der Waals surface area (Å²) in [6.45, 7) is 6.94. The quantitative estimate of drug-likeness (QED) is 0.355. The zero-order valence-corrected chi connectivity index (χ0v) is 19.8. The van der Waals surface area contributed by atoms with Crippen LogP contribution in [0.5, 0.6) is 0 Å². The zero-order valence-electron chi connectivity index (χ0n) is 19.8. The molecule has 0 spiro atoms. The van der Waals surface area contributed by atoms with Crippen LogP contribution in [-0.4, -0.2) is 63.2 Å². The van der Waals surface area contributed by atoms with Crippen molar-refractivity contribution in [3.05, 3.63) is 76.2 Å². The first-order valence-electron chi connectivity index (χ1n) is 11.1. The van der Waals surface area contributed by atoms with Crippen molar-refractivity contribution >= 4 is 23.1 Å². The molecule has 3 aromatic rings. The Kier molecular flexibility index (Phi) is 6.08. The summed E-state index contributed by atoms with van der Waals surface area (Å²) in [6.07, 6.45) is 2.53. The molecule has 0 saturated carbocycles. The average Bonchev–Trinajstić information content (AvgIpc) is 3.23. The highest BCUT2D eigenvalue weighted by molar-refractivity contribution is 6.46. The average molecular weight is 447 g/mol. The number of benzene rings is 1. The molecule has 0 radical (unpaired) electrons. The van der Waals surface area contributed by atoms with E-state index in [1.165, 1.54) is 0 Å². The molecule has 2 aromatic heterocycles. The van der Waals surface area contributed by atoms with Crippen LogP contribution in [0.3, 0.4) is 0 Å². The number of aromatic nitrogens is 2. The second-order valence-corrected chi connectivity index (χ2v) is 8.99. The first-order chi connectivity index (χ1) is 15.7. The number of carbonyl (C=O) groups excluding carboxylic acids is 2. The molecule has 3 heterocycles. The number of nitrogens with zero attached hydrogens (tertiary/aromatic N) is 4. The minimum Gasteiger partial charge on any atom is -0.505 e. The number of imidazole rings is 1. The number of amides is 1. The molecule has 7 nitrogen and oxygen atoms in total. The van der Waals surface area contributed by atoms with Crippen LogP contribution in [0, 0.1) is 20.8 Å². The third-order valence-electron chi connectivity index (χ3n) is 6.18. The van der Waals surface area contributed by atoms with Crippen molar-refractivity contribution in [2.24, 2.45) is 0 Å². The summed E-state index contributed by atoms with van der Waals surface area (Å²) >= 11 is 0. The van der Waals surface area contributed by atoms with E-state index in [2.05, 4.69) is 4.98 Å². The summed E-state index contributed by atoms with van der Waals surface area (Å²) in [5.74, 6) is -1.43. The van der Waals surface area contributed by atoms with E-state index >= 15 is 0 Å². The molecule has 0 bridgehead atoms. The van der Waals surface area contributed by atoms with Crippen LogP contribution >= 0.6 is 0 Å². The SMILES string of the molecule is Cc1ccc([C@H]2C(=C(O)c3c(C)nc4c(C)cccn34)C(=O)C(=O)N2CCCN(C)C)cc1. The maximum Gasteiger partial charge on any atom is 0.295 e. The Hall–Kier alpha value is -3.45. The molecular weight excluding hydrogens is 416 g/mol. The number of aryl methyl sites for hydroxylation is 3. The predicted molar refractivity (Wildman–Crippen MR) is 128 cm³/mol. The smallest absolute Gasteiger partial charge is 0.295 e. The highest BCUT2D eigenvalue weighted by atomic mass is 16.3. The topological polar surface area (TPSA) is 78.1 Å². The Balaban J connectivity index is 1.89. The molecular formula is C26H30N4O3. The fourth-order valence-corrected chi connectivity index (χ4v) is 4.49. The molecule has 4 rings (SSSR count). The first-order valence-corrected chi connectivity index (χ1v) is 11.1. The Morgan fingerprint density at radius 1 is 1.09 bits per heavy atom. The number of fused-ring (bicyclic) bond motifs is 1. The van der Waals surface area contributed by atoms with Crippen LogP contribution in [0.4, 0.5) is 0 Å². The lowest BCUT2D eigenvalue weighted by Gasteiger charge is -2.26. The van der Waals surface area contributed by atoms with E-state index in [1.54, 1.807) is 16.2 Å². The second kappa shape index (κ2) is 8.83. The predicted octanol–water partition coefficient (Wildman–Crippen LogP) is 3.63. The number of carbonyl (C=O) groups is 2. The van der Waals surface area contributed by atoms with Crippen molar-refractivity contribution in [1.29, 1.82) is 0 Å². The van der Waals surface area contributed by atoms with Gasteiger partial charge in [-0.25, -0.2) is 4.98 Å². The third kappa shape index (κ3) is 4.04. The van der Waals surface area contributed by atoms with Gasteiger partial charge in [0.05, 0.1) is 17.3 Å². The highest BCUT2D eigenvalue weighted by Crippen LogP contribution is 2.40. The van der Waals surface area contributed by atoms with Crippen molar-refractivity contribution in [3.8, 4) is 0 Å². The van der Waals surface area contributed by atoms with E-state index in [0.29, 0.717) is 23.6 Å². The second-order valence-electron chi connectivity index (χ2n) is 8.99. The zero-order chi connectivity index (χ0) is 23.9. The van der Waals surface area contributed by atoms with Gasteiger partial charge in [0, 0.05) is 12.7 Å². The van der Waals surface area contributed by atoms with Crippen molar-refractivity contribution in [3.63, 3.8) is 0 Å². The number of hydrogen-bond acceptors (Lipinski definition) is 5. The van der Waals surface area contributed by atoms with Gasteiger partial charge in [-0.1, -0.05) is 35.9 Å². The van der Waals surface area contributed by atoms with E-state index in [1.807, 2.05) is 75.4 Å².